The standard InChI is InChI=1S/C11H19FN2/c1-4-5-6-7-14-11(9(2)3)10(12)8-13-14/h8-9H,4-7H2,1-3H3. The number of hydrogen-bond acceptors (Lipinski definition) is 1. The fourth-order valence-electron chi connectivity index (χ4n) is 1.64. The average molecular weight is 198 g/mol. The first-order valence-electron chi connectivity index (χ1n) is 5.38. The van der Waals surface area contributed by atoms with Gasteiger partial charge in [0.25, 0.3) is 0 Å². The molecule has 0 spiro atoms. The predicted octanol–water partition coefficient (Wildman–Crippen LogP) is 3.34. The molecule has 80 valence electrons. The molecule has 0 aliphatic heterocycles. The lowest BCUT2D eigenvalue weighted by Gasteiger charge is -2.09. The number of hydrogen-bond donors (Lipinski definition) is 0. The third kappa shape index (κ3) is 2.56. The first-order chi connectivity index (χ1) is 6.66. The van der Waals surface area contributed by atoms with Crippen LogP contribution in [0.3, 0.4) is 0 Å². The lowest BCUT2D eigenvalue weighted by atomic mass is 10.1. The van der Waals surface area contributed by atoms with E-state index in [4.69, 9.17) is 0 Å². The van der Waals surface area contributed by atoms with Gasteiger partial charge in [0, 0.05) is 6.54 Å². The summed E-state index contributed by atoms with van der Waals surface area (Å²) in [5, 5.41) is 4.05. The van der Waals surface area contributed by atoms with E-state index in [9.17, 15) is 4.39 Å². The van der Waals surface area contributed by atoms with E-state index in [-0.39, 0.29) is 11.7 Å². The van der Waals surface area contributed by atoms with Crippen molar-refractivity contribution in [2.24, 2.45) is 0 Å². The Morgan fingerprint density at radius 2 is 2.14 bits per heavy atom. The first-order valence-corrected chi connectivity index (χ1v) is 5.38. The van der Waals surface area contributed by atoms with Crippen molar-refractivity contribution in [3.05, 3.63) is 17.7 Å². The number of aryl methyl sites for hydroxylation is 1. The van der Waals surface area contributed by atoms with Gasteiger partial charge < -0.3 is 0 Å². The van der Waals surface area contributed by atoms with E-state index in [2.05, 4.69) is 12.0 Å². The molecule has 0 amide bonds. The Morgan fingerprint density at radius 1 is 1.43 bits per heavy atom. The quantitative estimate of drug-likeness (QED) is 0.663. The molecule has 1 rings (SSSR count). The monoisotopic (exact) mass is 198 g/mol. The van der Waals surface area contributed by atoms with Gasteiger partial charge in [0.15, 0.2) is 5.82 Å². The second-order valence-electron chi connectivity index (χ2n) is 3.96. The predicted molar refractivity (Wildman–Crippen MR) is 55.8 cm³/mol. The highest BCUT2D eigenvalue weighted by Crippen LogP contribution is 2.18. The molecule has 1 aromatic heterocycles. The van der Waals surface area contributed by atoms with Gasteiger partial charge in [-0.1, -0.05) is 33.6 Å². The highest BCUT2D eigenvalue weighted by atomic mass is 19.1. The van der Waals surface area contributed by atoms with Gasteiger partial charge >= 0.3 is 0 Å². The number of halogens is 1. The summed E-state index contributed by atoms with van der Waals surface area (Å²) in [5.41, 5.74) is 0.737. The molecule has 0 aliphatic rings. The van der Waals surface area contributed by atoms with E-state index in [1.165, 1.54) is 19.0 Å². The van der Waals surface area contributed by atoms with Crippen molar-refractivity contribution in [1.29, 1.82) is 0 Å². The van der Waals surface area contributed by atoms with Crippen LogP contribution in [0.4, 0.5) is 4.39 Å². The molecule has 0 unspecified atom stereocenters. The minimum absolute atomic E-state index is 0.170. The second kappa shape index (κ2) is 5.13. The molecular formula is C11H19FN2. The van der Waals surface area contributed by atoms with Crippen molar-refractivity contribution in [3.8, 4) is 0 Å². The van der Waals surface area contributed by atoms with E-state index in [0.29, 0.717) is 0 Å². The molecule has 0 aliphatic carbocycles. The smallest absolute Gasteiger partial charge is 0.164 e. The molecule has 1 heterocycles. The number of aromatic nitrogens is 2. The van der Waals surface area contributed by atoms with Crippen LogP contribution in [-0.4, -0.2) is 9.78 Å². The maximum Gasteiger partial charge on any atom is 0.164 e. The third-order valence-corrected chi connectivity index (χ3v) is 2.35. The molecule has 0 N–H and O–H groups in total. The number of nitrogens with zero attached hydrogens (tertiary/aromatic N) is 2. The minimum atomic E-state index is -0.170. The van der Waals surface area contributed by atoms with Gasteiger partial charge in [-0.2, -0.15) is 5.10 Å². The molecule has 0 radical (unpaired) electrons. The Balaban J connectivity index is 2.66. The van der Waals surface area contributed by atoms with E-state index < -0.39 is 0 Å². The molecule has 0 saturated heterocycles. The Morgan fingerprint density at radius 3 is 2.71 bits per heavy atom. The summed E-state index contributed by atoms with van der Waals surface area (Å²) < 4.78 is 15.1. The van der Waals surface area contributed by atoms with Gasteiger partial charge in [0.05, 0.1) is 11.9 Å². The van der Waals surface area contributed by atoms with Crippen LogP contribution in [0.1, 0.15) is 51.6 Å². The minimum Gasteiger partial charge on any atom is -0.266 e. The second-order valence-corrected chi connectivity index (χ2v) is 3.96. The zero-order valence-electron chi connectivity index (χ0n) is 9.26. The molecule has 3 heteroatoms. The van der Waals surface area contributed by atoms with Gasteiger partial charge in [0.2, 0.25) is 0 Å². The molecular weight excluding hydrogens is 179 g/mol. The molecule has 0 bridgehead atoms. The van der Waals surface area contributed by atoms with E-state index in [0.717, 1.165) is 18.7 Å². The topological polar surface area (TPSA) is 17.8 Å². The average Bonchev–Trinajstić information content (AvgIpc) is 2.47. The summed E-state index contributed by atoms with van der Waals surface area (Å²) in [4.78, 5) is 0. The van der Waals surface area contributed by atoms with Gasteiger partial charge in [-0.3, -0.25) is 4.68 Å². The summed E-state index contributed by atoms with van der Waals surface area (Å²) >= 11 is 0. The van der Waals surface area contributed by atoms with Crippen LogP contribution in [0.25, 0.3) is 0 Å². The Kier molecular flexibility index (Phi) is 4.11. The highest BCUT2D eigenvalue weighted by molar-refractivity contribution is 5.08. The van der Waals surface area contributed by atoms with Crippen molar-refractivity contribution in [2.45, 2.75) is 52.5 Å². The highest BCUT2D eigenvalue weighted by Gasteiger charge is 2.13. The lowest BCUT2D eigenvalue weighted by Crippen LogP contribution is -2.07. The summed E-state index contributed by atoms with van der Waals surface area (Å²) in [5.74, 6) is 0.0376. The van der Waals surface area contributed by atoms with Crippen LogP contribution < -0.4 is 0 Å². The third-order valence-electron chi connectivity index (χ3n) is 2.35. The summed E-state index contributed by atoms with van der Waals surface area (Å²) in [6.45, 7) is 6.99. The van der Waals surface area contributed by atoms with Gasteiger partial charge in [-0.15, -0.1) is 0 Å². The molecule has 0 saturated carbocycles. The van der Waals surface area contributed by atoms with E-state index >= 15 is 0 Å². The van der Waals surface area contributed by atoms with Crippen LogP contribution in [0.15, 0.2) is 6.20 Å². The molecule has 0 atom stereocenters. The van der Waals surface area contributed by atoms with Crippen molar-refractivity contribution in [3.63, 3.8) is 0 Å². The SMILES string of the molecule is CCCCCn1ncc(F)c1C(C)C. The van der Waals surface area contributed by atoms with Crippen LogP contribution in [0.5, 0.6) is 0 Å². The van der Waals surface area contributed by atoms with Crippen molar-refractivity contribution in [2.75, 3.05) is 0 Å². The molecule has 14 heavy (non-hydrogen) atoms. The molecule has 2 nitrogen and oxygen atoms in total. The van der Waals surface area contributed by atoms with Crippen molar-refractivity contribution < 1.29 is 4.39 Å². The zero-order valence-corrected chi connectivity index (χ0v) is 9.26. The van der Waals surface area contributed by atoms with Crippen LogP contribution in [0, 0.1) is 5.82 Å². The Bertz CT molecular complexity index is 279. The van der Waals surface area contributed by atoms with Gasteiger partial charge in [-0.05, 0) is 12.3 Å². The maximum absolute atomic E-state index is 13.3. The largest absolute Gasteiger partial charge is 0.266 e. The fourth-order valence-corrected chi connectivity index (χ4v) is 1.64. The van der Waals surface area contributed by atoms with Gasteiger partial charge in [-0.25, -0.2) is 4.39 Å². The first kappa shape index (κ1) is 11.2. The summed E-state index contributed by atoms with van der Waals surface area (Å²) in [6.07, 6.45) is 4.76. The lowest BCUT2D eigenvalue weighted by molar-refractivity contribution is 0.506. The normalized spacial score (nSPS) is 11.2. The Hall–Kier alpha value is -0.860. The molecule has 0 aromatic carbocycles. The van der Waals surface area contributed by atoms with E-state index in [1.807, 2.05) is 13.8 Å². The Labute approximate surface area is 85.1 Å². The van der Waals surface area contributed by atoms with E-state index in [1.54, 1.807) is 4.68 Å². The summed E-state index contributed by atoms with van der Waals surface area (Å²) in [6, 6.07) is 0. The van der Waals surface area contributed by atoms with Gasteiger partial charge in [0.1, 0.15) is 0 Å². The maximum atomic E-state index is 13.3. The van der Waals surface area contributed by atoms with Crippen molar-refractivity contribution >= 4 is 0 Å². The number of unbranched alkanes of at least 4 members (excludes halogenated alkanes) is 2. The van der Waals surface area contributed by atoms with Crippen LogP contribution in [0.2, 0.25) is 0 Å². The fraction of sp³-hybridized carbons (Fsp3) is 0.727. The van der Waals surface area contributed by atoms with Crippen LogP contribution >= 0.6 is 0 Å². The molecule has 1 aromatic rings. The van der Waals surface area contributed by atoms with Crippen molar-refractivity contribution in [1.82, 2.24) is 9.78 Å². The van der Waals surface area contributed by atoms with Crippen LogP contribution in [-0.2, 0) is 6.54 Å². The summed E-state index contributed by atoms with van der Waals surface area (Å²) in [7, 11) is 0. The number of rotatable bonds is 5. The molecule has 0 fully saturated rings. The zero-order chi connectivity index (χ0) is 10.6.